The zero-order valence-electron chi connectivity index (χ0n) is 12.7. The SMILES string of the molecule is Cc1ccc(C(c2ccc(Cl)cc2Cl)N2CCNCC2)cc1. The highest BCUT2D eigenvalue weighted by atomic mass is 35.5. The standard InChI is InChI=1S/C18H20Cl2N2/c1-13-2-4-14(5-3-13)18(22-10-8-21-9-11-22)16-7-6-15(19)12-17(16)20/h2-7,12,18,21H,8-11H2,1H3. The predicted molar refractivity (Wildman–Crippen MR) is 93.9 cm³/mol. The number of halogens is 2. The van der Waals surface area contributed by atoms with Gasteiger partial charge in [0.05, 0.1) is 6.04 Å². The average molecular weight is 335 g/mol. The van der Waals surface area contributed by atoms with Gasteiger partial charge in [-0.15, -0.1) is 0 Å². The van der Waals surface area contributed by atoms with E-state index < -0.39 is 0 Å². The zero-order valence-corrected chi connectivity index (χ0v) is 14.2. The van der Waals surface area contributed by atoms with Crippen molar-refractivity contribution in [2.45, 2.75) is 13.0 Å². The summed E-state index contributed by atoms with van der Waals surface area (Å²) < 4.78 is 0. The third kappa shape index (κ3) is 3.47. The van der Waals surface area contributed by atoms with Gasteiger partial charge in [-0.05, 0) is 30.2 Å². The number of nitrogens with zero attached hydrogens (tertiary/aromatic N) is 1. The van der Waals surface area contributed by atoms with Crippen LogP contribution in [0, 0.1) is 6.92 Å². The van der Waals surface area contributed by atoms with E-state index in [9.17, 15) is 0 Å². The number of hydrogen-bond acceptors (Lipinski definition) is 2. The summed E-state index contributed by atoms with van der Waals surface area (Å²) in [5.74, 6) is 0. The molecule has 0 spiro atoms. The summed E-state index contributed by atoms with van der Waals surface area (Å²) >= 11 is 12.6. The van der Waals surface area contributed by atoms with Crippen molar-refractivity contribution in [3.8, 4) is 0 Å². The molecule has 0 aliphatic carbocycles. The van der Waals surface area contributed by atoms with E-state index in [1.165, 1.54) is 11.1 Å². The third-order valence-electron chi connectivity index (χ3n) is 4.17. The third-order valence-corrected chi connectivity index (χ3v) is 4.73. The van der Waals surface area contributed by atoms with Gasteiger partial charge in [0.25, 0.3) is 0 Å². The van der Waals surface area contributed by atoms with E-state index in [2.05, 4.69) is 47.5 Å². The van der Waals surface area contributed by atoms with Gasteiger partial charge in [-0.2, -0.15) is 0 Å². The lowest BCUT2D eigenvalue weighted by atomic mass is 9.95. The molecule has 3 rings (SSSR count). The minimum Gasteiger partial charge on any atom is -0.314 e. The van der Waals surface area contributed by atoms with Gasteiger partial charge in [-0.3, -0.25) is 4.90 Å². The Morgan fingerprint density at radius 2 is 1.68 bits per heavy atom. The van der Waals surface area contributed by atoms with Crippen molar-refractivity contribution in [2.24, 2.45) is 0 Å². The molecule has 2 aromatic carbocycles. The van der Waals surface area contributed by atoms with Crippen LogP contribution < -0.4 is 5.32 Å². The predicted octanol–water partition coefficient (Wildman–Crippen LogP) is 4.30. The highest BCUT2D eigenvalue weighted by Crippen LogP contribution is 2.35. The van der Waals surface area contributed by atoms with Crippen LogP contribution in [0.1, 0.15) is 22.7 Å². The first-order valence-corrected chi connectivity index (χ1v) is 8.37. The largest absolute Gasteiger partial charge is 0.314 e. The molecule has 0 aromatic heterocycles. The van der Waals surface area contributed by atoms with Gasteiger partial charge in [0.1, 0.15) is 0 Å². The molecule has 2 aromatic rings. The van der Waals surface area contributed by atoms with Gasteiger partial charge in [0.2, 0.25) is 0 Å². The average Bonchev–Trinajstić information content (AvgIpc) is 2.52. The Hall–Kier alpha value is -1.06. The van der Waals surface area contributed by atoms with Crippen molar-refractivity contribution in [3.63, 3.8) is 0 Å². The van der Waals surface area contributed by atoms with Gasteiger partial charge < -0.3 is 5.32 Å². The first kappa shape index (κ1) is 15.8. The van der Waals surface area contributed by atoms with Crippen molar-refractivity contribution in [3.05, 3.63) is 69.2 Å². The van der Waals surface area contributed by atoms with E-state index in [0.29, 0.717) is 5.02 Å². The molecule has 1 N–H and O–H groups in total. The highest BCUT2D eigenvalue weighted by Gasteiger charge is 2.25. The zero-order chi connectivity index (χ0) is 15.5. The monoisotopic (exact) mass is 334 g/mol. The molecule has 0 amide bonds. The number of aryl methyl sites for hydroxylation is 1. The smallest absolute Gasteiger partial charge is 0.0617 e. The summed E-state index contributed by atoms with van der Waals surface area (Å²) in [6, 6.07) is 14.7. The Bertz CT molecular complexity index is 634. The summed E-state index contributed by atoms with van der Waals surface area (Å²) in [7, 11) is 0. The van der Waals surface area contributed by atoms with Crippen LogP contribution in [-0.4, -0.2) is 31.1 Å². The Morgan fingerprint density at radius 3 is 2.32 bits per heavy atom. The fourth-order valence-corrected chi connectivity index (χ4v) is 3.51. The van der Waals surface area contributed by atoms with Crippen LogP contribution in [0.15, 0.2) is 42.5 Å². The Labute approximate surface area is 142 Å². The molecular weight excluding hydrogens is 315 g/mol. The van der Waals surface area contributed by atoms with Crippen molar-refractivity contribution in [1.29, 1.82) is 0 Å². The molecular formula is C18H20Cl2N2. The molecule has 0 radical (unpaired) electrons. The van der Waals surface area contributed by atoms with Crippen LogP contribution in [0.25, 0.3) is 0 Å². The lowest BCUT2D eigenvalue weighted by Crippen LogP contribution is -2.45. The fraction of sp³-hybridized carbons (Fsp3) is 0.333. The van der Waals surface area contributed by atoms with Crippen molar-refractivity contribution >= 4 is 23.2 Å². The van der Waals surface area contributed by atoms with E-state index in [4.69, 9.17) is 23.2 Å². The van der Waals surface area contributed by atoms with Crippen molar-refractivity contribution < 1.29 is 0 Å². The molecule has 1 heterocycles. The van der Waals surface area contributed by atoms with E-state index in [-0.39, 0.29) is 6.04 Å². The topological polar surface area (TPSA) is 15.3 Å². The minimum atomic E-state index is 0.174. The molecule has 0 bridgehead atoms. The molecule has 1 atom stereocenters. The van der Waals surface area contributed by atoms with Crippen molar-refractivity contribution in [2.75, 3.05) is 26.2 Å². The molecule has 1 aliphatic heterocycles. The second kappa shape index (κ2) is 7.01. The molecule has 0 saturated carbocycles. The maximum atomic E-state index is 6.50. The van der Waals surface area contributed by atoms with E-state index in [0.717, 1.165) is 36.8 Å². The van der Waals surface area contributed by atoms with Crippen LogP contribution in [0.3, 0.4) is 0 Å². The van der Waals surface area contributed by atoms with Gasteiger partial charge in [-0.25, -0.2) is 0 Å². The second-order valence-corrected chi connectivity index (χ2v) is 6.61. The Balaban J connectivity index is 2.03. The second-order valence-electron chi connectivity index (χ2n) is 5.77. The molecule has 1 unspecified atom stereocenters. The summed E-state index contributed by atoms with van der Waals surface area (Å²) in [6.45, 7) is 6.15. The summed E-state index contributed by atoms with van der Waals surface area (Å²) in [6.07, 6.45) is 0. The maximum Gasteiger partial charge on any atom is 0.0617 e. The number of nitrogens with one attached hydrogen (secondary N) is 1. The summed E-state index contributed by atoms with van der Waals surface area (Å²) in [4.78, 5) is 2.48. The van der Waals surface area contributed by atoms with E-state index in [1.54, 1.807) is 0 Å². The summed E-state index contributed by atoms with van der Waals surface area (Å²) in [5.41, 5.74) is 3.67. The van der Waals surface area contributed by atoms with E-state index in [1.807, 2.05) is 12.1 Å². The molecule has 22 heavy (non-hydrogen) atoms. The minimum absolute atomic E-state index is 0.174. The number of rotatable bonds is 3. The quantitative estimate of drug-likeness (QED) is 0.900. The highest BCUT2D eigenvalue weighted by molar-refractivity contribution is 6.35. The molecule has 4 heteroatoms. The normalized spacial score (nSPS) is 17.4. The van der Waals surface area contributed by atoms with Gasteiger partial charge in [-0.1, -0.05) is 59.1 Å². The molecule has 1 saturated heterocycles. The van der Waals surface area contributed by atoms with Crippen LogP contribution in [0.5, 0.6) is 0 Å². The Kier molecular flexibility index (Phi) is 5.04. The van der Waals surface area contributed by atoms with Gasteiger partial charge in [0.15, 0.2) is 0 Å². The van der Waals surface area contributed by atoms with Crippen LogP contribution in [0.4, 0.5) is 0 Å². The first-order valence-electron chi connectivity index (χ1n) is 7.61. The first-order chi connectivity index (χ1) is 10.6. The number of piperazine rings is 1. The number of benzene rings is 2. The fourth-order valence-electron chi connectivity index (χ4n) is 3.00. The molecule has 1 fully saturated rings. The van der Waals surface area contributed by atoms with E-state index >= 15 is 0 Å². The molecule has 116 valence electrons. The van der Waals surface area contributed by atoms with Gasteiger partial charge >= 0.3 is 0 Å². The van der Waals surface area contributed by atoms with Gasteiger partial charge in [0, 0.05) is 36.2 Å². The maximum absolute atomic E-state index is 6.50. The van der Waals surface area contributed by atoms with Crippen LogP contribution in [-0.2, 0) is 0 Å². The van der Waals surface area contributed by atoms with Crippen molar-refractivity contribution in [1.82, 2.24) is 10.2 Å². The summed E-state index contributed by atoms with van der Waals surface area (Å²) in [5, 5.41) is 4.82. The number of hydrogen-bond donors (Lipinski definition) is 1. The lowest BCUT2D eigenvalue weighted by Gasteiger charge is -2.36. The van der Waals surface area contributed by atoms with Crippen LogP contribution in [0.2, 0.25) is 10.0 Å². The molecule has 1 aliphatic rings. The van der Waals surface area contributed by atoms with Crippen LogP contribution >= 0.6 is 23.2 Å². The lowest BCUT2D eigenvalue weighted by molar-refractivity contribution is 0.198. The molecule has 2 nitrogen and oxygen atoms in total. The Morgan fingerprint density at radius 1 is 1.00 bits per heavy atom.